The fraction of sp³-hybridized carbons (Fsp3) is 0.529. The second-order valence-corrected chi connectivity index (χ2v) is 6.57. The van der Waals surface area contributed by atoms with Crippen LogP contribution in [0.1, 0.15) is 44.1 Å². The van der Waals surface area contributed by atoms with Gasteiger partial charge in [0.05, 0.1) is 12.5 Å². The molecule has 1 N–H and O–H groups in total. The van der Waals surface area contributed by atoms with Crippen LogP contribution in [0.2, 0.25) is 10.0 Å². The molecule has 2 rings (SSSR count). The molecule has 0 radical (unpaired) electrons. The van der Waals surface area contributed by atoms with Gasteiger partial charge in [0, 0.05) is 34.7 Å². The monoisotopic (exact) mass is 353 g/mol. The van der Waals surface area contributed by atoms with E-state index in [0.29, 0.717) is 28.6 Å². The SMILES string of the molecule is N#CCCN(C(=O)NCc1c(Cl)cccc1Cl)C1CCCCC1. The lowest BCUT2D eigenvalue weighted by Gasteiger charge is -2.34. The summed E-state index contributed by atoms with van der Waals surface area (Å²) in [7, 11) is 0. The molecule has 0 unspecified atom stereocenters. The maximum Gasteiger partial charge on any atom is 0.317 e. The number of nitriles is 1. The number of carbonyl (C=O) groups excluding carboxylic acids is 1. The van der Waals surface area contributed by atoms with Crippen molar-refractivity contribution < 1.29 is 4.79 Å². The normalized spacial score (nSPS) is 15.0. The zero-order valence-electron chi connectivity index (χ0n) is 13.0. The van der Waals surface area contributed by atoms with Crippen molar-refractivity contribution in [1.82, 2.24) is 10.2 Å². The van der Waals surface area contributed by atoms with Crippen molar-refractivity contribution in [2.45, 2.75) is 51.1 Å². The first-order valence-corrected chi connectivity index (χ1v) is 8.73. The van der Waals surface area contributed by atoms with Gasteiger partial charge in [-0.1, -0.05) is 48.5 Å². The highest BCUT2D eigenvalue weighted by Crippen LogP contribution is 2.25. The summed E-state index contributed by atoms with van der Waals surface area (Å²) in [6.07, 6.45) is 5.85. The highest BCUT2D eigenvalue weighted by Gasteiger charge is 2.25. The Kier molecular flexibility index (Phi) is 7.01. The van der Waals surface area contributed by atoms with Crippen LogP contribution in [0.25, 0.3) is 0 Å². The van der Waals surface area contributed by atoms with Gasteiger partial charge in [0.1, 0.15) is 0 Å². The van der Waals surface area contributed by atoms with E-state index in [2.05, 4.69) is 11.4 Å². The van der Waals surface area contributed by atoms with Gasteiger partial charge in [-0.2, -0.15) is 5.26 Å². The number of carbonyl (C=O) groups is 1. The van der Waals surface area contributed by atoms with E-state index in [0.717, 1.165) is 25.7 Å². The quantitative estimate of drug-likeness (QED) is 0.829. The maximum absolute atomic E-state index is 12.6. The van der Waals surface area contributed by atoms with E-state index in [-0.39, 0.29) is 18.6 Å². The van der Waals surface area contributed by atoms with Gasteiger partial charge in [0.25, 0.3) is 0 Å². The summed E-state index contributed by atoms with van der Waals surface area (Å²) < 4.78 is 0. The number of nitrogens with one attached hydrogen (secondary N) is 1. The molecule has 0 heterocycles. The summed E-state index contributed by atoms with van der Waals surface area (Å²) in [5.74, 6) is 0. The molecule has 1 aromatic rings. The van der Waals surface area contributed by atoms with Crippen molar-refractivity contribution in [1.29, 1.82) is 5.26 Å². The second kappa shape index (κ2) is 9.00. The number of nitrogens with zero attached hydrogens (tertiary/aromatic N) is 2. The predicted molar refractivity (Wildman–Crippen MR) is 92.5 cm³/mol. The average molecular weight is 354 g/mol. The largest absolute Gasteiger partial charge is 0.334 e. The van der Waals surface area contributed by atoms with Gasteiger partial charge in [-0.15, -0.1) is 0 Å². The first-order valence-electron chi connectivity index (χ1n) is 7.97. The molecule has 23 heavy (non-hydrogen) atoms. The fourth-order valence-corrected chi connectivity index (χ4v) is 3.51. The third kappa shape index (κ3) is 5.02. The first-order chi connectivity index (χ1) is 11.1. The number of hydrogen-bond acceptors (Lipinski definition) is 2. The molecule has 0 aromatic heterocycles. The highest BCUT2D eigenvalue weighted by molar-refractivity contribution is 6.36. The molecule has 1 saturated carbocycles. The van der Waals surface area contributed by atoms with Crippen LogP contribution in [0.5, 0.6) is 0 Å². The minimum Gasteiger partial charge on any atom is -0.334 e. The van der Waals surface area contributed by atoms with Crippen molar-refractivity contribution in [3.8, 4) is 6.07 Å². The van der Waals surface area contributed by atoms with Crippen LogP contribution >= 0.6 is 23.2 Å². The molecule has 6 heteroatoms. The molecule has 0 saturated heterocycles. The van der Waals surface area contributed by atoms with Crippen LogP contribution in [-0.4, -0.2) is 23.5 Å². The lowest BCUT2D eigenvalue weighted by molar-refractivity contribution is 0.157. The molecule has 1 aliphatic carbocycles. The van der Waals surface area contributed by atoms with Gasteiger partial charge in [-0.25, -0.2) is 4.79 Å². The van der Waals surface area contributed by atoms with E-state index in [1.165, 1.54) is 6.42 Å². The van der Waals surface area contributed by atoms with E-state index in [1.807, 2.05) is 0 Å². The Bertz CT molecular complexity index is 559. The third-order valence-electron chi connectivity index (χ3n) is 4.22. The molecule has 0 spiro atoms. The summed E-state index contributed by atoms with van der Waals surface area (Å²) in [6, 6.07) is 7.47. The van der Waals surface area contributed by atoms with Gasteiger partial charge >= 0.3 is 6.03 Å². The van der Waals surface area contributed by atoms with Crippen LogP contribution in [0.4, 0.5) is 4.79 Å². The number of urea groups is 1. The molecule has 124 valence electrons. The van der Waals surface area contributed by atoms with Gasteiger partial charge in [0.2, 0.25) is 0 Å². The summed E-state index contributed by atoms with van der Waals surface area (Å²) in [6.45, 7) is 0.746. The fourth-order valence-electron chi connectivity index (χ4n) is 2.98. The summed E-state index contributed by atoms with van der Waals surface area (Å²) in [5, 5.41) is 12.8. The minimum atomic E-state index is -0.150. The summed E-state index contributed by atoms with van der Waals surface area (Å²) >= 11 is 12.3. The Morgan fingerprint density at radius 2 is 1.91 bits per heavy atom. The van der Waals surface area contributed by atoms with Crippen LogP contribution in [0, 0.1) is 11.3 Å². The third-order valence-corrected chi connectivity index (χ3v) is 4.93. The molecule has 1 fully saturated rings. The second-order valence-electron chi connectivity index (χ2n) is 5.75. The van der Waals surface area contributed by atoms with Crippen molar-refractivity contribution in [2.75, 3.05) is 6.54 Å². The van der Waals surface area contributed by atoms with Crippen molar-refractivity contribution in [3.63, 3.8) is 0 Å². The smallest absolute Gasteiger partial charge is 0.317 e. The van der Waals surface area contributed by atoms with Gasteiger partial charge in [0.15, 0.2) is 0 Å². The van der Waals surface area contributed by atoms with Crippen molar-refractivity contribution in [2.24, 2.45) is 0 Å². The van der Waals surface area contributed by atoms with E-state index < -0.39 is 0 Å². The van der Waals surface area contributed by atoms with Crippen LogP contribution in [-0.2, 0) is 6.54 Å². The van der Waals surface area contributed by atoms with Gasteiger partial charge < -0.3 is 10.2 Å². The molecule has 2 amide bonds. The van der Waals surface area contributed by atoms with E-state index in [1.54, 1.807) is 23.1 Å². The van der Waals surface area contributed by atoms with E-state index >= 15 is 0 Å². The average Bonchev–Trinajstić information content (AvgIpc) is 2.56. The Labute approximate surface area is 147 Å². The minimum absolute atomic E-state index is 0.150. The molecule has 0 bridgehead atoms. The first kappa shape index (κ1) is 17.9. The lowest BCUT2D eigenvalue weighted by atomic mass is 9.94. The molecule has 1 aromatic carbocycles. The molecular weight excluding hydrogens is 333 g/mol. The van der Waals surface area contributed by atoms with Gasteiger partial charge in [-0.05, 0) is 25.0 Å². The number of benzene rings is 1. The summed E-state index contributed by atoms with van der Waals surface area (Å²) in [4.78, 5) is 14.4. The predicted octanol–water partition coefficient (Wildman–Crippen LogP) is 4.75. The Morgan fingerprint density at radius 3 is 2.52 bits per heavy atom. The number of rotatable bonds is 5. The van der Waals surface area contributed by atoms with E-state index in [4.69, 9.17) is 28.5 Å². The van der Waals surface area contributed by atoms with E-state index in [9.17, 15) is 4.79 Å². The zero-order chi connectivity index (χ0) is 16.7. The lowest BCUT2D eigenvalue weighted by Crippen LogP contribution is -2.47. The molecule has 1 aliphatic rings. The van der Waals surface area contributed by atoms with Crippen molar-refractivity contribution >= 4 is 29.2 Å². The highest BCUT2D eigenvalue weighted by atomic mass is 35.5. The van der Waals surface area contributed by atoms with Crippen LogP contribution < -0.4 is 5.32 Å². The van der Waals surface area contributed by atoms with Crippen LogP contribution in [0.3, 0.4) is 0 Å². The molecule has 0 aliphatic heterocycles. The molecular formula is C17H21Cl2N3O. The maximum atomic E-state index is 12.6. The van der Waals surface area contributed by atoms with Gasteiger partial charge in [-0.3, -0.25) is 0 Å². The topological polar surface area (TPSA) is 56.1 Å². The standard InChI is InChI=1S/C17H21Cl2N3O/c18-15-8-4-9-16(19)14(15)12-21-17(23)22(11-5-10-20)13-6-2-1-3-7-13/h4,8-9,13H,1-3,5-7,11-12H2,(H,21,23). The van der Waals surface area contributed by atoms with Crippen LogP contribution in [0.15, 0.2) is 18.2 Å². The number of hydrogen-bond donors (Lipinski definition) is 1. The van der Waals surface area contributed by atoms with Crippen molar-refractivity contribution in [3.05, 3.63) is 33.8 Å². The zero-order valence-corrected chi connectivity index (χ0v) is 14.5. The Morgan fingerprint density at radius 1 is 1.26 bits per heavy atom. The Hall–Kier alpha value is -1.44. The number of amides is 2. The summed E-state index contributed by atoms with van der Waals surface area (Å²) in [5.41, 5.74) is 0.716. The molecule has 4 nitrogen and oxygen atoms in total. The Balaban J connectivity index is 2.00. The number of halogens is 2. The molecule has 0 atom stereocenters.